The molecule has 3 amide bonds. The first-order chi connectivity index (χ1) is 29.7. The second-order valence-corrected chi connectivity index (χ2v) is 18.0. The van der Waals surface area contributed by atoms with E-state index in [9.17, 15) is 19.2 Å². The van der Waals surface area contributed by atoms with E-state index in [4.69, 9.17) is 16.6 Å². The summed E-state index contributed by atoms with van der Waals surface area (Å²) < 4.78 is 3.18. The minimum absolute atomic E-state index is 0.00857. The molecule has 13 heteroatoms. The molecule has 0 radical (unpaired) electrons. The lowest BCUT2D eigenvalue weighted by molar-refractivity contribution is -0.138. The van der Waals surface area contributed by atoms with Crippen molar-refractivity contribution < 1.29 is 14.4 Å². The average molecular weight is 843 g/mol. The van der Waals surface area contributed by atoms with Crippen molar-refractivity contribution in [1.29, 1.82) is 0 Å². The maximum atomic E-state index is 13.8. The molecular weight excluding hydrogens is 788 g/mol. The van der Waals surface area contributed by atoms with Gasteiger partial charge in [0.2, 0.25) is 23.7 Å². The number of imidazole rings is 1. The third kappa shape index (κ3) is 8.88. The Kier molecular flexibility index (Phi) is 12.1. The van der Waals surface area contributed by atoms with Crippen LogP contribution in [0.2, 0.25) is 5.02 Å². The van der Waals surface area contributed by atoms with Gasteiger partial charge in [0.05, 0.1) is 27.9 Å². The van der Waals surface area contributed by atoms with E-state index in [2.05, 4.69) is 61.8 Å². The van der Waals surface area contributed by atoms with Crippen LogP contribution in [0.1, 0.15) is 88.2 Å². The van der Waals surface area contributed by atoms with Crippen LogP contribution in [0.25, 0.3) is 33.4 Å². The first kappa shape index (κ1) is 41.0. The maximum absolute atomic E-state index is 13.8. The lowest BCUT2D eigenvalue weighted by Gasteiger charge is -2.38. The van der Waals surface area contributed by atoms with Crippen LogP contribution in [-0.2, 0) is 21.4 Å². The average Bonchev–Trinajstić information content (AvgIpc) is 3.54. The number of carbonyl (C=O) groups is 3. The van der Waals surface area contributed by atoms with Gasteiger partial charge in [-0.15, -0.1) is 0 Å². The number of anilines is 1. The summed E-state index contributed by atoms with van der Waals surface area (Å²) in [5, 5.41) is 6.45. The number of imide groups is 1. The smallest absolute Gasteiger partial charge is 0.329 e. The molecule has 61 heavy (non-hydrogen) atoms. The van der Waals surface area contributed by atoms with E-state index in [-0.39, 0.29) is 30.0 Å². The van der Waals surface area contributed by atoms with Crippen LogP contribution in [0.5, 0.6) is 0 Å². The summed E-state index contributed by atoms with van der Waals surface area (Å²) in [5.41, 5.74) is 6.41. The Morgan fingerprint density at radius 1 is 0.836 bits per heavy atom. The van der Waals surface area contributed by atoms with E-state index in [0.29, 0.717) is 40.8 Å². The number of likely N-dealkylation sites (tertiary alicyclic amines) is 2. The van der Waals surface area contributed by atoms with Crippen molar-refractivity contribution in [3.05, 3.63) is 100 Å². The van der Waals surface area contributed by atoms with Crippen molar-refractivity contribution in [3.8, 4) is 22.4 Å². The Morgan fingerprint density at radius 2 is 1.61 bits per heavy atom. The highest BCUT2D eigenvalue weighted by Crippen LogP contribution is 2.35. The Hall–Kier alpha value is -5.33. The van der Waals surface area contributed by atoms with Crippen molar-refractivity contribution in [2.24, 2.45) is 18.9 Å². The minimum atomic E-state index is -0.675. The molecule has 12 nitrogen and oxygen atoms in total. The molecule has 9 rings (SSSR count). The van der Waals surface area contributed by atoms with Crippen molar-refractivity contribution in [1.82, 2.24) is 34.2 Å². The van der Waals surface area contributed by atoms with E-state index in [1.807, 2.05) is 36.4 Å². The Balaban J connectivity index is 0.730. The summed E-state index contributed by atoms with van der Waals surface area (Å²) in [7, 11) is 1.75. The third-order valence-electron chi connectivity index (χ3n) is 13.8. The number of hydrogen-bond donors (Lipinski definition) is 2. The topological polar surface area (TPSA) is 134 Å². The highest BCUT2D eigenvalue weighted by molar-refractivity contribution is 6.33. The molecule has 5 heterocycles. The SMILES string of the molecule is Cn1c(=O)n(C2CCC(=O)NC2=O)c2ccc(C3CCN(CCC4CCN(C(=O)[C@@H]5CCC[C@H](Nc6ncc(Cl)c(-c7cccc(-c8ccccc8)c7)n6)C5)CC4)CC3)cc21. The van der Waals surface area contributed by atoms with Crippen molar-refractivity contribution in [3.63, 3.8) is 0 Å². The number of aryl methyl sites for hydroxylation is 1. The van der Waals surface area contributed by atoms with E-state index in [0.717, 1.165) is 118 Å². The normalized spacial score (nSPS) is 22.1. The van der Waals surface area contributed by atoms with Gasteiger partial charge < -0.3 is 15.1 Å². The molecule has 0 spiro atoms. The predicted molar refractivity (Wildman–Crippen MR) is 238 cm³/mol. The van der Waals surface area contributed by atoms with Gasteiger partial charge >= 0.3 is 5.69 Å². The van der Waals surface area contributed by atoms with Crippen LogP contribution in [0, 0.1) is 11.8 Å². The zero-order chi connectivity index (χ0) is 42.0. The summed E-state index contributed by atoms with van der Waals surface area (Å²) in [6.45, 7) is 4.83. The standard InChI is InChI=1S/C48H55ClN8O4/c1-54-42-29-35(13-14-40(42)57(48(54)61)41-15-16-43(58)52-45(41)59)33-20-23-55(24-21-33)22-17-31-18-25-56(26-19-31)46(60)37-11-6-12-38(28-37)51-47-50-30-39(49)44(53-47)36-10-5-9-34(27-36)32-7-3-2-4-8-32/h2-5,7-10,13-14,27,29-31,33,37-38,41H,6,11-12,15-26,28H2,1H3,(H,50,51,53)(H,52,58,59)/t37-,38+,41?/m1/s1. The van der Waals surface area contributed by atoms with Crippen LogP contribution >= 0.6 is 11.6 Å². The molecule has 0 bridgehead atoms. The quantitative estimate of drug-likeness (QED) is 0.138. The predicted octanol–water partition coefficient (Wildman–Crippen LogP) is 7.57. The van der Waals surface area contributed by atoms with E-state index < -0.39 is 11.9 Å². The first-order valence-electron chi connectivity index (χ1n) is 22.2. The summed E-state index contributed by atoms with van der Waals surface area (Å²) in [5.74, 6) is 1.19. The summed E-state index contributed by atoms with van der Waals surface area (Å²) >= 11 is 6.64. The largest absolute Gasteiger partial charge is 0.351 e. The van der Waals surface area contributed by atoms with Crippen LogP contribution in [-0.4, -0.2) is 85.4 Å². The van der Waals surface area contributed by atoms with Gasteiger partial charge in [0.1, 0.15) is 6.04 Å². The first-order valence-corrected chi connectivity index (χ1v) is 22.6. The molecule has 3 aromatic carbocycles. The van der Waals surface area contributed by atoms with Crippen molar-refractivity contribution in [2.75, 3.05) is 38.0 Å². The summed E-state index contributed by atoms with van der Waals surface area (Å²) in [6, 6.07) is 24.2. The molecule has 318 valence electrons. The van der Waals surface area contributed by atoms with Gasteiger partial charge in [-0.05, 0) is 124 Å². The number of benzene rings is 3. The van der Waals surface area contributed by atoms with E-state index >= 15 is 0 Å². The minimum Gasteiger partial charge on any atom is -0.351 e. The van der Waals surface area contributed by atoms with Gasteiger partial charge in [-0.2, -0.15) is 0 Å². The molecular formula is C48H55ClN8O4. The fourth-order valence-corrected chi connectivity index (χ4v) is 10.5. The molecule has 3 saturated heterocycles. The monoisotopic (exact) mass is 842 g/mol. The van der Waals surface area contributed by atoms with Gasteiger partial charge in [-0.3, -0.25) is 28.8 Å². The number of carbonyl (C=O) groups excluding carboxylic acids is 3. The van der Waals surface area contributed by atoms with Gasteiger partial charge in [0.25, 0.3) is 0 Å². The van der Waals surface area contributed by atoms with E-state index in [1.165, 1.54) is 5.56 Å². The number of nitrogens with one attached hydrogen (secondary N) is 2. The number of aromatic nitrogens is 4. The second-order valence-electron chi connectivity index (χ2n) is 17.6. The van der Waals surface area contributed by atoms with Gasteiger partial charge in [0.15, 0.2) is 0 Å². The highest BCUT2D eigenvalue weighted by atomic mass is 35.5. The number of piperidine rings is 3. The summed E-state index contributed by atoms with van der Waals surface area (Å²) in [4.78, 5) is 65.5. The second kappa shape index (κ2) is 17.9. The third-order valence-corrected chi connectivity index (χ3v) is 14.1. The fraction of sp³-hybridized carbons (Fsp3) is 0.458. The number of nitrogens with zero attached hydrogens (tertiary/aromatic N) is 6. The zero-order valence-corrected chi connectivity index (χ0v) is 35.7. The molecule has 4 aliphatic rings. The van der Waals surface area contributed by atoms with Crippen LogP contribution < -0.4 is 16.3 Å². The van der Waals surface area contributed by atoms with E-state index in [1.54, 1.807) is 22.4 Å². The Bertz CT molecular complexity index is 2470. The van der Waals surface area contributed by atoms with Gasteiger partial charge in [-0.25, -0.2) is 14.8 Å². The highest BCUT2D eigenvalue weighted by Gasteiger charge is 2.34. The lowest BCUT2D eigenvalue weighted by Crippen LogP contribution is -2.44. The maximum Gasteiger partial charge on any atom is 0.329 e. The van der Waals surface area contributed by atoms with Crippen molar-refractivity contribution in [2.45, 2.75) is 88.6 Å². The molecule has 1 aliphatic carbocycles. The molecule has 1 unspecified atom stereocenters. The Labute approximate surface area is 361 Å². The fourth-order valence-electron chi connectivity index (χ4n) is 10.3. The van der Waals surface area contributed by atoms with Gasteiger partial charge in [-0.1, -0.05) is 72.6 Å². The number of halogens is 1. The van der Waals surface area contributed by atoms with Crippen LogP contribution in [0.15, 0.2) is 83.8 Å². The number of fused-ring (bicyclic) bond motifs is 1. The number of hydrogen-bond acceptors (Lipinski definition) is 8. The van der Waals surface area contributed by atoms with Crippen LogP contribution in [0.4, 0.5) is 5.95 Å². The molecule has 2 N–H and O–H groups in total. The van der Waals surface area contributed by atoms with Gasteiger partial charge in [0, 0.05) is 44.1 Å². The molecule has 3 aliphatic heterocycles. The number of rotatable bonds is 10. The lowest BCUT2D eigenvalue weighted by atomic mass is 9.84. The Morgan fingerprint density at radius 3 is 2.39 bits per heavy atom. The van der Waals surface area contributed by atoms with Crippen molar-refractivity contribution >= 4 is 46.3 Å². The molecule has 5 aromatic rings. The molecule has 2 aromatic heterocycles. The van der Waals surface area contributed by atoms with Crippen LogP contribution in [0.3, 0.4) is 0 Å². The summed E-state index contributed by atoms with van der Waals surface area (Å²) in [6.07, 6.45) is 11.3. The number of amides is 3. The molecule has 1 saturated carbocycles. The zero-order valence-electron chi connectivity index (χ0n) is 34.9. The molecule has 4 fully saturated rings. The molecule has 3 atom stereocenters.